The standard InChI is InChI=1S/C20H23N3O4/c1-27-19(26)13-7-12-18(25)20(23-22-16-9-3-2-4-10-16)21-17-11-6-5-8-15(17)14-24/h2-6,8-11,22,24H,7,12-14H2,1H3,(H,21,23). The lowest BCUT2D eigenvalue weighted by atomic mass is 10.1. The molecule has 3 N–H and O–H groups in total. The fourth-order valence-corrected chi connectivity index (χ4v) is 2.30. The van der Waals surface area contributed by atoms with Crippen LogP contribution >= 0.6 is 0 Å². The first kappa shape index (κ1) is 20.1. The molecule has 0 saturated heterocycles. The lowest BCUT2D eigenvalue weighted by Gasteiger charge is -2.12. The maximum Gasteiger partial charge on any atom is 0.305 e. The van der Waals surface area contributed by atoms with Gasteiger partial charge in [0.05, 0.1) is 25.1 Å². The maximum atomic E-state index is 12.6. The molecule has 2 aromatic rings. The summed E-state index contributed by atoms with van der Waals surface area (Å²) in [6.07, 6.45) is 0.659. The molecule has 7 nitrogen and oxygen atoms in total. The number of aliphatic hydroxyl groups is 1. The summed E-state index contributed by atoms with van der Waals surface area (Å²) in [7, 11) is 1.31. The first-order valence-electron chi connectivity index (χ1n) is 8.58. The monoisotopic (exact) mass is 369 g/mol. The van der Waals surface area contributed by atoms with Crippen LogP contribution in [0.2, 0.25) is 0 Å². The molecule has 0 radical (unpaired) electrons. The van der Waals surface area contributed by atoms with E-state index in [1.807, 2.05) is 30.3 Å². The van der Waals surface area contributed by atoms with Crippen LogP contribution < -0.4 is 10.9 Å². The molecular weight excluding hydrogens is 346 g/mol. The smallest absolute Gasteiger partial charge is 0.305 e. The number of hydrogen-bond donors (Lipinski definition) is 3. The number of ether oxygens (including phenoxy) is 1. The van der Waals surface area contributed by atoms with Crippen LogP contribution in [-0.4, -0.2) is 29.8 Å². The summed E-state index contributed by atoms with van der Waals surface area (Å²) in [5.41, 5.74) is 7.65. The van der Waals surface area contributed by atoms with E-state index in [1.165, 1.54) is 7.11 Å². The molecule has 0 aliphatic rings. The second-order valence-electron chi connectivity index (χ2n) is 5.72. The van der Waals surface area contributed by atoms with E-state index in [2.05, 4.69) is 20.6 Å². The number of esters is 1. The van der Waals surface area contributed by atoms with E-state index in [0.717, 1.165) is 5.69 Å². The van der Waals surface area contributed by atoms with E-state index < -0.39 is 0 Å². The molecule has 0 amide bonds. The maximum absolute atomic E-state index is 12.6. The predicted octanol–water partition coefficient (Wildman–Crippen LogP) is 2.74. The van der Waals surface area contributed by atoms with E-state index in [9.17, 15) is 14.7 Å². The fraction of sp³-hybridized carbons (Fsp3) is 0.250. The Hall–Kier alpha value is -3.19. The minimum Gasteiger partial charge on any atom is -0.469 e. The number of Topliss-reactive ketones (excluding diaryl/α,β-unsaturated/α-hetero) is 1. The predicted molar refractivity (Wildman–Crippen MR) is 104 cm³/mol. The lowest BCUT2D eigenvalue weighted by Crippen LogP contribution is -2.35. The van der Waals surface area contributed by atoms with Crippen molar-refractivity contribution in [1.29, 1.82) is 0 Å². The number of carbonyl (C=O) groups excluding carboxylic acids is 2. The van der Waals surface area contributed by atoms with Gasteiger partial charge in [-0.2, -0.15) is 0 Å². The average Bonchev–Trinajstić information content (AvgIpc) is 2.71. The van der Waals surface area contributed by atoms with Crippen LogP contribution in [0.4, 0.5) is 11.4 Å². The van der Waals surface area contributed by atoms with Crippen molar-refractivity contribution in [1.82, 2.24) is 5.43 Å². The van der Waals surface area contributed by atoms with Gasteiger partial charge in [-0.1, -0.05) is 36.4 Å². The number of para-hydroxylation sites is 2. The van der Waals surface area contributed by atoms with Gasteiger partial charge in [-0.05, 0) is 24.6 Å². The molecule has 2 aromatic carbocycles. The van der Waals surface area contributed by atoms with E-state index >= 15 is 0 Å². The highest BCUT2D eigenvalue weighted by Gasteiger charge is 2.14. The highest BCUT2D eigenvalue weighted by atomic mass is 16.5. The zero-order valence-electron chi connectivity index (χ0n) is 15.1. The van der Waals surface area contributed by atoms with Crippen molar-refractivity contribution in [3.63, 3.8) is 0 Å². The number of hydrogen-bond acceptors (Lipinski definition) is 6. The highest BCUT2D eigenvalue weighted by Crippen LogP contribution is 2.19. The second kappa shape index (κ2) is 10.7. The Bertz CT molecular complexity index is 791. The van der Waals surface area contributed by atoms with Crippen molar-refractivity contribution >= 4 is 29.0 Å². The summed E-state index contributed by atoms with van der Waals surface area (Å²) in [6, 6.07) is 16.3. The van der Waals surface area contributed by atoms with E-state index in [4.69, 9.17) is 0 Å². The molecule has 27 heavy (non-hydrogen) atoms. The molecule has 0 atom stereocenters. The third kappa shape index (κ3) is 6.56. The number of hydrazine groups is 1. The molecule has 0 saturated carbocycles. The number of anilines is 1. The zero-order valence-corrected chi connectivity index (χ0v) is 15.1. The third-order valence-corrected chi connectivity index (χ3v) is 3.77. The van der Waals surface area contributed by atoms with Crippen molar-refractivity contribution in [2.45, 2.75) is 25.9 Å². The molecular formula is C20H23N3O4. The quantitative estimate of drug-likeness (QED) is 0.272. The van der Waals surface area contributed by atoms with Crippen LogP contribution in [0.5, 0.6) is 0 Å². The summed E-state index contributed by atoms with van der Waals surface area (Å²) in [4.78, 5) is 28.2. The SMILES string of the molecule is COC(=O)CCCC(=O)C(=Nc1ccccc1CO)NNc1ccccc1. The molecule has 0 aliphatic carbocycles. The number of amidine groups is 1. The Morgan fingerprint density at radius 3 is 2.44 bits per heavy atom. The number of nitrogens with one attached hydrogen (secondary N) is 2. The third-order valence-electron chi connectivity index (χ3n) is 3.77. The number of nitrogens with zero attached hydrogens (tertiary/aromatic N) is 1. The van der Waals surface area contributed by atoms with E-state index in [-0.39, 0.29) is 37.0 Å². The van der Waals surface area contributed by atoms with Gasteiger partial charge in [0.1, 0.15) is 0 Å². The Kier molecular flexibility index (Phi) is 7.99. The molecule has 0 heterocycles. The minimum absolute atomic E-state index is 0.101. The van der Waals surface area contributed by atoms with Gasteiger partial charge < -0.3 is 9.84 Å². The molecule has 7 heteroatoms. The van der Waals surface area contributed by atoms with Crippen molar-refractivity contribution in [2.24, 2.45) is 4.99 Å². The van der Waals surface area contributed by atoms with E-state index in [0.29, 0.717) is 17.7 Å². The van der Waals surface area contributed by atoms with Crippen LogP contribution in [0.1, 0.15) is 24.8 Å². The van der Waals surface area contributed by atoms with Crippen LogP contribution in [0, 0.1) is 0 Å². The second-order valence-corrected chi connectivity index (χ2v) is 5.72. The molecule has 0 unspecified atom stereocenters. The molecule has 0 aromatic heterocycles. The van der Waals surface area contributed by atoms with Gasteiger partial charge in [0.2, 0.25) is 0 Å². The fourth-order valence-electron chi connectivity index (χ4n) is 2.30. The Morgan fingerprint density at radius 2 is 1.74 bits per heavy atom. The van der Waals surface area contributed by atoms with Crippen molar-refractivity contribution in [2.75, 3.05) is 12.5 Å². The molecule has 142 valence electrons. The normalized spacial score (nSPS) is 11.0. The number of benzene rings is 2. The summed E-state index contributed by atoms with van der Waals surface area (Å²) < 4.78 is 4.59. The molecule has 0 bridgehead atoms. The summed E-state index contributed by atoms with van der Waals surface area (Å²) >= 11 is 0. The summed E-state index contributed by atoms with van der Waals surface area (Å²) in [5.74, 6) is -0.512. The van der Waals surface area contributed by atoms with Crippen molar-refractivity contribution in [3.8, 4) is 0 Å². The van der Waals surface area contributed by atoms with Gasteiger partial charge >= 0.3 is 5.97 Å². The average molecular weight is 369 g/mol. The minimum atomic E-state index is -0.359. The highest BCUT2D eigenvalue weighted by molar-refractivity contribution is 6.39. The number of ketones is 1. The first-order valence-corrected chi connectivity index (χ1v) is 8.58. The number of aliphatic imine (C=N–C) groups is 1. The van der Waals surface area contributed by atoms with Crippen LogP contribution in [0.15, 0.2) is 59.6 Å². The van der Waals surface area contributed by atoms with Crippen molar-refractivity contribution in [3.05, 3.63) is 60.2 Å². The lowest BCUT2D eigenvalue weighted by molar-refractivity contribution is -0.140. The number of aliphatic hydroxyl groups excluding tert-OH is 1. The Morgan fingerprint density at radius 1 is 1.04 bits per heavy atom. The summed E-state index contributed by atoms with van der Waals surface area (Å²) in [5, 5.41) is 9.47. The van der Waals surface area contributed by atoms with Crippen LogP contribution in [-0.2, 0) is 20.9 Å². The van der Waals surface area contributed by atoms with Gasteiger partial charge in [0, 0.05) is 18.4 Å². The van der Waals surface area contributed by atoms with Gasteiger partial charge in [-0.25, -0.2) is 4.99 Å². The van der Waals surface area contributed by atoms with Gasteiger partial charge in [0.15, 0.2) is 11.6 Å². The molecule has 0 fully saturated rings. The Balaban J connectivity index is 2.15. The number of methoxy groups -OCH3 is 1. The first-order chi connectivity index (χ1) is 13.1. The summed E-state index contributed by atoms with van der Waals surface area (Å²) in [6.45, 7) is -0.185. The van der Waals surface area contributed by atoms with E-state index in [1.54, 1.807) is 24.3 Å². The van der Waals surface area contributed by atoms with Gasteiger partial charge in [0.25, 0.3) is 0 Å². The topological polar surface area (TPSA) is 100 Å². The molecule has 0 spiro atoms. The van der Waals surface area contributed by atoms with Crippen LogP contribution in [0.25, 0.3) is 0 Å². The van der Waals surface area contributed by atoms with Crippen molar-refractivity contribution < 1.29 is 19.4 Å². The largest absolute Gasteiger partial charge is 0.469 e. The van der Waals surface area contributed by atoms with Gasteiger partial charge in [-0.3, -0.25) is 20.4 Å². The Labute approximate surface area is 158 Å². The molecule has 0 aliphatic heterocycles. The van der Waals surface area contributed by atoms with Gasteiger partial charge in [-0.15, -0.1) is 0 Å². The molecule has 2 rings (SSSR count). The number of rotatable bonds is 9. The van der Waals surface area contributed by atoms with Crippen LogP contribution in [0.3, 0.4) is 0 Å². The zero-order chi connectivity index (χ0) is 19.5. The number of carbonyl (C=O) groups is 2.